The SMILES string of the molecule is C=C[C@@H](c1ccc(Br)cc1)[C@H](N)c1ccc(C)cc1. The molecule has 0 heterocycles. The van der Waals surface area contributed by atoms with Gasteiger partial charge < -0.3 is 5.73 Å². The van der Waals surface area contributed by atoms with Gasteiger partial charge >= 0.3 is 0 Å². The van der Waals surface area contributed by atoms with Crippen LogP contribution >= 0.6 is 15.9 Å². The van der Waals surface area contributed by atoms with E-state index in [9.17, 15) is 0 Å². The van der Waals surface area contributed by atoms with Crippen molar-refractivity contribution in [1.29, 1.82) is 0 Å². The lowest BCUT2D eigenvalue weighted by Gasteiger charge is -2.22. The van der Waals surface area contributed by atoms with Crippen molar-refractivity contribution in [3.63, 3.8) is 0 Å². The van der Waals surface area contributed by atoms with Crippen molar-refractivity contribution in [3.8, 4) is 0 Å². The minimum absolute atomic E-state index is 0.0701. The van der Waals surface area contributed by atoms with Crippen LogP contribution < -0.4 is 5.73 Å². The van der Waals surface area contributed by atoms with E-state index in [1.54, 1.807) is 0 Å². The Bertz CT molecular complexity index is 542. The molecular formula is C17H18BrN. The molecule has 98 valence electrons. The molecule has 0 amide bonds. The fraction of sp³-hybridized carbons (Fsp3) is 0.176. The third-order valence-electron chi connectivity index (χ3n) is 3.36. The van der Waals surface area contributed by atoms with Crippen molar-refractivity contribution in [2.45, 2.75) is 18.9 Å². The Morgan fingerprint density at radius 3 is 2.05 bits per heavy atom. The van der Waals surface area contributed by atoms with E-state index in [2.05, 4.69) is 65.8 Å². The molecular weight excluding hydrogens is 298 g/mol. The number of benzene rings is 2. The van der Waals surface area contributed by atoms with Crippen LogP contribution in [0.5, 0.6) is 0 Å². The zero-order valence-electron chi connectivity index (χ0n) is 11.0. The second kappa shape index (κ2) is 6.18. The van der Waals surface area contributed by atoms with Crippen molar-refractivity contribution in [3.05, 3.63) is 82.3 Å². The van der Waals surface area contributed by atoms with Crippen molar-refractivity contribution >= 4 is 15.9 Å². The van der Waals surface area contributed by atoms with Gasteiger partial charge in [-0.2, -0.15) is 0 Å². The monoisotopic (exact) mass is 315 g/mol. The van der Waals surface area contributed by atoms with Gasteiger partial charge in [-0.15, -0.1) is 6.58 Å². The lowest BCUT2D eigenvalue weighted by Crippen LogP contribution is -2.18. The molecule has 0 aliphatic rings. The smallest absolute Gasteiger partial charge is 0.0399 e. The molecule has 0 spiro atoms. The summed E-state index contributed by atoms with van der Waals surface area (Å²) in [6.45, 7) is 6.01. The van der Waals surface area contributed by atoms with Crippen LogP contribution in [0.25, 0.3) is 0 Å². The highest BCUT2D eigenvalue weighted by molar-refractivity contribution is 9.10. The standard InChI is InChI=1S/C17H18BrN/c1-3-16(13-8-10-15(18)11-9-13)17(19)14-6-4-12(2)5-7-14/h3-11,16-17H,1,19H2,2H3/t16-,17+/m0/s1. The lowest BCUT2D eigenvalue weighted by molar-refractivity contribution is 0.647. The van der Waals surface area contributed by atoms with Crippen LogP contribution in [0.15, 0.2) is 65.7 Å². The Morgan fingerprint density at radius 2 is 1.53 bits per heavy atom. The first-order valence-corrected chi connectivity index (χ1v) is 7.11. The van der Waals surface area contributed by atoms with Crippen LogP contribution in [0.3, 0.4) is 0 Å². The number of hydrogen-bond acceptors (Lipinski definition) is 1. The van der Waals surface area contributed by atoms with Crippen molar-refractivity contribution in [1.82, 2.24) is 0 Å². The molecule has 2 aromatic carbocycles. The van der Waals surface area contributed by atoms with E-state index in [-0.39, 0.29) is 12.0 Å². The summed E-state index contributed by atoms with van der Waals surface area (Å²) in [6.07, 6.45) is 1.92. The van der Waals surface area contributed by atoms with Gasteiger partial charge in [0, 0.05) is 16.4 Å². The average Bonchev–Trinajstić information content (AvgIpc) is 2.42. The topological polar surface area (TPSA) is 26.0 Å². The minimum Gasteiger partial charge on any atom is -0.323 e. The van der Waals surface area contributed by atoms with Gasteiger partial charge in [-0.05, 0) is 30.2 Å². The number of hydrogen-bond donors (Lipinski definition) is 1. The van der Waals surface area contributed by atoms with Crippen LogP contribution in [0.2, 0.25) is 0 Å². The van der Waals surface area contributed by atoms with E-state index in [4.69, 9.17) is 5.73 Å². The maximum absolute atomic E-state index is 6.39. The Balaban J connectivity index is 2.28. The summed E-state index contributed by atoms with van der Waals surface area (Å²) in [5.74, 6) is 0.121. The van der Waals surface area contributed by atoms with Crippen molar-refractivity contribution in [2.24, 2.45) is 5.73 Å². The predicted molar refractivity (Wildman–Crippen MR) is 85.2 cm³/mol. The molecule has 2 atom stereocenters. The normalized spacial score (nSPS) is 13.8. The molecule has 0 saturated heterocycles. The molecule has 2 heteroatoms. The largest absolute Gasteiger partial charge is 0.323 e. The van der Waals surface area contributed by atoms with Crippen LogP contribution in [0.1, 0.15) is 28.7 Å². The van der Waals surface area contributed by atoms with E-state index in [0.717, 1.165) is 10.0 Å². The van der Waals surface area contributed by atoms with Gasteiger partial charge in [0.25, 0.3) is 0 Å². The second-order valence-corrected chi connectivity index (χ2v) is 5.67. The highest BCUT2D eigenvalue weighted by atomic mass is 79.9. The fourth-order valence-corrected chi connectivity index (χ4v) is 2.44. The van der Waals surface area contributed by atoms with Gasteiger partial charge in [0.2, 0.25) is 0 Å². The van der Waals surface area contributed by atoms with Crippen LogP contribution in [0, 0.1) is 6.92 Å². The average molecular weight is 316 g/mol. The summed E-state index contributed by atoms with van der Waals surface area (Å²) in [7, 11) is 0. The molecule has 0 fully saturated rings. The second-order valence-electron chi connectivity index (χ2n) is 4.75. The molecule has 0 aliphatic heterocycles. The van der Waals surface area contributed by atoms with Gasteiger partial charge in [-0.1, -0.05) is 64.0 Å². The lowest BCUT2D eigenvalue weighted by atomic mass is 9.87. The Kier molecular flexibility index (Phi) is 4.56. The summed E-state index contributed by atoms with van der Waals surface area (Å²) in [5, 5.41) is 0. The number of aryl methyl sites for hydroxylation is 1. The van der Waals surface area contributed by atoms with E-state index < -0.39 is 0 Å². The highest BCUT2D eigenvalue weighted by Crippen LogP contribution is 2.30. The summed E-state index contributed by atoms with van der Waals surface area (Å²) < 4.78 is 1.07. The summed E-state index contributed by atoms with van der Waals surface area (Å²) in [4.78, 5) is 0. The summed E-state index contributed by atoms with van der Waals surface area (Å²) in [6, 6.07) is 16.5. The highest BCUT2D eigenvalue weighted by Gasteiger charge is 2.18. The fourth-order valence-electron chi connectivity index (χ4n) is 2.17. The first-order chi connectivity index (χ1) is 9.11. The van der Waals surface area contributed by atoms with Crippen molar-refractivity contribution < 1.29 is 0 Å². The van der Waals surface area contributed by atoms with Gasteiger partial charge in [-0.3, -0.25) is 0 Å². The third-order valence-corrected chi connectivity index (χ3v) is 3.89. The quantitative estimate of drug-likeness (QED) is 0.811. The van der Waals surface area contributed by atoms with Crippen LogP contribution in [-0.2, 0) is 0 Å². The van der Waals surface area contributed by atoms with Gasteiger partial charge in [-0.25, -0.2) is 0 Å². The molecule has 2 N–H and O–H groups in total. The molecule has 0 aliphatic carbocycles. The summed E-state index contributed by atoms with van der Waals surface area (Å²) in [5.41, 5.74) is 9.96. The molecule has 0 unspecified atom stereocenters. The van der Waals surface area contributed by atoms with E-state index >= 15 is 0 Å². The maximum atomic E-state index is 6.39. The number of rotatable bonds is 4. The first-order valence-electron chi connectivity index (χ1n) is 6.32. The maximum Gasteiger partial charge on any atom is 0.0399 e. The van der Waals surface area contributed by atoms with Crippen molar-refractivity contribution in [2.75, 3.05) is 0 Å². The van der Waals surface area contributed by atoms with Crippen LogP contribution in [-0.4, -0.2) is 0 Å². The van der Waals surface area contributed by atoms with Gasteiger partial charge in [0.05, 0.1) is 0 Å². The van der Waals surface area contributed by atoms with E-state index in [1.165, 1.54) is 11.1 Å². The van der Waals surface area contributed by atoms with E-state index in [1.807, 2.05) is 18.2 Å². The minimum atomic E-state index is -0.0701. The van der Waals surface area contributed by atoms with Gasteiger partial charge in [0.15, 0.2) is 0 Å². The van der Waals surface area contributed by atoms with Gasteiger partial charge in [0.1, 0.15) is 0 Å². The Labute approximate surface area is 123 Å². The first kappa shape index (κ1) is 14.0. The molecule has 0 aromatic heterocycles. The number of halogens is 1. The third kappa shape index (κ3) is 3.34. The Morgan fingerprint density at radius 1 is 1.00 bits per heavy atom. The molecule has 19 heavy (non-hydrogen) atoms. The number of nitrogens with two attached hydrogens (primary N) is 1. The predicted octanol–water partition coefficient (Wildman–Crippen LogP) is 4.73. The zero-order chi connectivity index (χ0) is 13.8. The Hall–Kier alpha value is -1.38. The molecule has 2 aromatic rings. The molecule has 0 radical (unpaired) electrons. The summed E-state index contributed by atoms with van der Waals surface area (Å²) >= 11 is 3.45. The zero-order valence-corrected chi connectivity index (χ0v) is 12.6. The van der Waals surface area contributed by atoms with E-state index in [0.29, 0.717) is 0 Å². The molecule has 0 saturated carbocycles. The van der Waals surface area contributed by atoms with Crippen LogP contribution in [0.4, 0.5) is 0 Å². The molecule has 1 nitrogen and oxygen atoms in total. The molecule has 2 rings (SSSR count). The molecule has 0 bridgehead atoms.